The Hall–Kier alpha value is -2.50. The number of nitrogens with one attached hydrogen (secondary N) is 1. The highest BCUT2D eigenvalue weighted by Crippen LogP contribution is 2.11. The van der Waals surface area contributed by atoms with Crippen LogP contribution in [-0.2, 0) is 4.74 Å². The Kier molecular flexibility index (Phi) is 5.40. The number of carbonyl (C=O) groups is 1. The average molecular weight is 258 g/mol. The maximum atomic E-state index is 11.8. The van der Waals surface area contributed by atoms with E-state index in [0.717, 1.165) is 0 Å². The van der Waals surface area contributed by atoms with Crippen molar-refractivity contribution in [1.29, 1.82) is 5.26 Å². The van der Waals surface area contributed by atoms with E-state index in [2.05, 4.69) is 11.2 Å². The summed E-state index contributed by atoms with van der Waals surface area (Å²) in [5, 5.41) is 11.3. The van der Waals surface area contributed by atoms with E-state index < -0.39 is 18.2 Å². The summed E-state index contributed by atoms with van der Waals surface area (Å²) >= 11 is 0. The van der Waals surface area contributed by atoms with Crippen LogP contribution in [-0.4, -0.2) is 25.3 Å². The molecule has 0 spiro atoms. The lowest BCUT2D eigenvalue weighted by atomic mass is 10.2. The second-order valence-electron chi connectivity index (χ2n) is 3.66. The molecule has 0 saturated carbocycles. The average Bonchev–Trinajstić information content (AvgIpc) is 2.46. The number of hydrogen-bond acceptors (Lipinski definition) is 4. The van der Waals surface area contributed by atoms with Crippen molar-refractivity contribution in [1.82, 2.24) is 5.32 Å². The number of methoxy groups -OCH3 is 1. The summed E-state index contributed by atoms with van der Waals surface area (Å²) in [5.41, 5.74) is 0.401. The Bertz CT molecular complexity index is 511. The van der Waals surface area contributed by atoms with Crippen LogP contribution < -0.4 is 10.1 Å². The van der Waals surface area contributed by atoms with Crippen LogP contribution in [0.5, 0.6) is 5.75 Å². The van der Waals surface area contributed by atoms with Crippen molar-refractivity contribution in [2.75, 3.05) is 7.11 Å². The molecule has 0 aromatic heterocycles. The van der Waals surface area contributed by atoms with Crippen LogP contribution in [0.15, 0.2) is 24.3 Å². The zero-order chi connectivity index (χ0) is 14.3. The first-order valence-corrected chi connectivity index (χ1v) is 5.56. The van der Waals surface area contributed by atoms with Gasteiger partial charge in [-0.1, -0.05) is 5.92 Å². The van der Waals surface area contributed by atoms with E-state index in [1.165, 1.54) is 7.11 Å². The molecule has 5 heteroatoms. The van der Waals surface area contributed by atoms with Gasteiger partial charge in [0.2, 0.25) is 6.23 Å². The van der Waals surface area contributed by atoms with E-state index in [0.29, 0.717) is 11.3 Å². The van der Waals surface area contributed by atoms with Gasteiger partial charge in [-0.15, -0.1) is 6.42 Å². The topological polar surface area (TPSA) is 71.3 Å². The van der Waals surface area contributed by atoms with Crippen LogP contribution in [0.25, 0.3) is 0 Å². The lowest BCUT2D eigenvalue weighted by Crippen LogP contribution is -2.37. The summed E-state index contributed by atoms with van der Waals surface area (Å²) in [6.45, 7) is 1.61. The van der Waals surface area contributed by atoms with Crippen LogP contribution in [0.3, 0.4) is 0 Å². The van der Waals surface area contributed by atoms with Gasteiger partial charge in [-0.3, -0.25) is 4.79 Å². The van der Waals surface area contributed by atoms with Gasteiger partial charge in [-0.05, 0) is 31.2 Å². The number of hydrogen-bond donors (Lipinski definition) is 1. The number of amides is 1. The minimum atomic E-state index is -1.08. The van der Waals surface area contributed by atoms with Gasteiger partial charge < -0.3 is 14.8 Å². The zero-order valence-electron chi connectivity index (χ0n) is 10.7. The molecular formula is C14H14N2O3. The van der Waals surface area contributed by atoms with E-state index in [1.807, 2.05) is 6.07 Å². The molecule has 98 valence electrons. The summed E-state index contributed by atoms with van der Waals surface area (Å²) in [4.78, 5) is 11.8. The van der Waals surface area contributed by atoms with Gasteiger partial charge in [-0.2, -0.15) is 5.26 Å². The number of benzene rings is 1. The van der Waals surface area contributed by atoms with Crippen molar-refractivity contribution >= 4 is 5.91 Å². The minimum absolute atomic E-state index is 0.401. The summed E-state index contributed by atoms with van der Waals surface area (Å²) in [5.74, 6) is 2.54. The molecule has 0 aliphatic carbocycles. The molecule has 1 amide bonds. The molecule has 0 bridgehead atoms. The first-order chi connectivity index (χ1) is 9.10. The fraction of sp³-hybridized carbons (Fsp3) is 0.286. The van der Waals surface area contributed by atoms with Crippen molar-refractivity contribution < 1.29 is 14.3 Å². The van der Waals surface area contributed by atoms with Gasteiger partial charge in [-0.25, -0.2) is 0 Å². The lowest BCUT2D eigenvalue weighted by Gasteiger charge is -2.14. The Morgan fingerprint density at radius 3 is 2.53 bits per heavy atom. The number of nitriles is 1. The van der Waals surface area contributed by atoms with Crippen LogP contribution in [0, 0.1) is 23.7 Å². The third kappa shape index (κ3) is 4.34. The smallest absolute Gasteiger partial charge is 0.254 e. The molecule has 0 fully saturated rings. The van der Waals surface area contributed by atoms with E-state index >= 15 is 0 Å². The first-order valence-electron chi connectivity index (χ1n) is 5.56. The number of carbonyl (C=O) groups excluding carboxylic acids is 1. The third-order valence-corrected chi connectivity index (χ3v) is 2.31. The molecule has 1 N–H and O–H groups in total. The molecule has 19 heavy (non-hydrogen) atoms. The standard InChI is InChI=1S/C14H14N2O3/c1-4-10(2)19-13(9-15)16-14(17)11-5-7-12(18-3)8-6-11/h1,5-8,10,13H,2-3H3,(H,16,17). The molecule has 1 rings (SSSR count). The van der Waals surface area contributed by atoms with Crippen molar-refractivity contribution in [2.24, 2.45) is 0 Å². The molecule has 2 unspecified atom stereocenters. The largest absolute Gasteiger partial charge is 0.497 e. The van der Waals surface area contributed by atoms with Gasteiger partial charge in [0.25, 0.3) is 5.91 Å². The quantitative estimate of drug-likeness (QED) is 0.638. The monoisotopic (exact) mass is 258 g/mol. The number of ether oxygens (including phenoxy) is 2. The normalized spacial score (nSPS) is 12.6. The van der Waals surface area contributed by atoms with Gasteiger partial charge >= 0.3 is 0 Å². The summed E-state index contributed by atoms with van der Waals surface area (Å²) < 4.78 is 10.1. The molecule has 5 nitrogen and oxygen atoms in total. The number of rotatable bonds is 5. The van der Waals surface area contributed by atoms with Crippen LogP contribution >= 0.6 is 0 Å². The van der Waals surface area contributed by atoms with Crippen molar-refractivity contribution in [2.45, 2.75) is 19.3 Å². The van der Waals surface area contributed by atoms with Gasteiger partial charge in [0.1, 0.15) is 17.9 Å². The summed E-state index contributed by atoms with van der Waals surface area (Å²) in [6.07, 6.45) is 3.50. The maximum absolute atomic E-state index is 11.8. The Labute approximate surface area is 112 Å². The van der Waals surface area contributed by atoms with Crippen LogP contribution in [0.2, 0.25) is 0 Å². The molecule has 1 aromatic carbocycles. The maximum Gasteiger partial charge on any atom is 0.254 e. The molecule has 0 heterocycles. The SMILES string of the molecule is C#CC(C)OC(C#N)NC(=O)c1ccc(OC)cc1. The fourth-order valence-electron chi connectivity index (χ4n) is 1.28. The van der Waals surface area contributed by atoms with E-state index in [1.54, 1.807) is 31.2 Å². The molecule has 0 aliphatic rings. The Morgan fingerprint density at radius 1 is 1.42 bits per heavy atom. The summed E-state index contributed by atoms with van der Waals surface area (Å²) in [7, 11) is 1.54. The highest BCUT2D eigenvalue weighted by Gasteiger charge is 2.15. The molecule has 2 atom stereocenters. The van der Waals surface area contributed by atoms with Gasteiger partial charge in [0.15, 0.2) is 0 Å². The number of nitrogens with zero attached hydrogens (tertiary/aromatic N) is 1. The molecule has 0 radical (unpaired) electrons. The molecule has 0 aliphatic heterocycles. The molecular weight excluding hydrogens is 244 g/mol. The van der Waals surface area contributed by atoms with Gasteiger partial charge in [0, 0.05) is 5.56 Å². The Morgan fingerprint density at radius 2 is 2.05 bits per heavy atom. The first kappa shape index (κ1) is 14.6. The zero-order valence-corrected chi connectivity index (χ0v) is 10.7. The highest BCUT2D eigenvalue weighted by molar-refractivity contribution is 5.94. The lowest BCUT2D eigenvalue weighted by molar-refractivity contribution is 0.0377. The van der Waals surface area contributed by atoms with Crippen molar-refractivity contribution in [3.63, 3.8) is 0 Å². The predicted octanol–water partition coefficient (Wildman–Crippen LogP) is 1.31. The van der Waals surface area contributed by atoms with E-state index in [-0.39, 0.29) is 0 Å². The number of terminal acetylenes is 1. The minimum Gasteiger partial charge on any atom is -0.497 e. The Balaban J connectivity index is 2.67. The summed E-state index contributed by atoms with van der Waals surface area (Å²) in [6, 6.07) is 8.31. The van der Waals surface area contributed by atoms with E-state index in [9.17, 15) is 4.79 Å². The fourth-order valence-corrected chi connectivity index (χ4v) is 1.28. The van der Waals surface area contributed by atoms with Crippen molar-refractivity contribution in [3.8, 4) is 24.2 Å². The van der Waals surface area contributed by atoms with Crippen molar-refractivity contribution in [3.05, 3.63) is 29.8 Å². The highest BCUT2D eigenvalue weighted by atomic mass is 16.5. The second-order valence-corrected chi connectivity index (χ2v) is 3.66. The molecule has 1 aromatic rings. The third-order valence-electron chi connectivity index (χ3n) is 2.31. The second kappa shape index (κ2) is 7.05. The van der Waals surface area contributed by atoms with Crippen LogP contribution in [0.4, 0.5) is 0 Å². The van der Waals surface area contributed by atoms with Gasteiger partial charge in [0.05, 0.1) is 7.11 Å². The molecule has 0 saturated heterocycles. The van der Waals surface area contributed by atoms with Crippen LogP contribution in [0.1, 0.15) is 17.3 Å². The predicted molar refractivity (Wildman–Crippen MR) is 69.2 cm³/mol. The van der Waals surface area contributed by atoms with E-state index in [4.69, 9.17) is 21.2 Å².